The predicted octanol–water partition coefficient (Wildman–Crippen LogP) is 2.83. The molecule has 0 unspecified atom stereocenters. The van der Waals surface area contributed by atoms with Crippen molar-refractivity contribution < 1.29 is 22.4 Å². The van der Waals surface area contributed by atoms with Crippen molar-refractivity contribution in [3.8, 4) is 17.1 Å². The third-order valence-electron chi connectivity index (χ3n) is 2.61. The maximum atomic E-state index is 12.7. The lowest BCUT2D eigenvalue weighted by Gasteiger charge is -2.05. The minimum absolute atomic E-state index is 0.0254. The summed E-state index contributed by atoms with van der Waals surface area (Å²) in [5, 5.41) is 3.07. The normalized spacial score (nSPS) is 11.6. The number of hydrogen-bond donors (Lipinski definition) is 1. The third-order valence-corrected chi connectivity index (χ3v) is 2.61. The van der Waals surface area contributed by atoms with Gasteiger partial charge in [0.1, 0.15) is 5.75 Å². The second-order valence-electron chi connectivity index (χ2n) is 3.77. The highest BCUT2D eigenvalue weighted by Crippen LogP contribution is 2.36. The molecule has 0 atom stereocenters. The van der Waals surface area contributed by atoms with Crippen LogP contribution >= 0.6 is 0 Å². The van der Waals surface area contributed by atoms with Crippen LogP contribution in [0.4, 0.5) is 13.2 Å². The number of rotatable bonds is 3. The molecule has 2 N–H and O–H groups in total. The minimum Gasteiger partial charge on any atom is -0.497 e. The number of nitrogens with two attached hydrogens (primary N) is 1. The topological polar surface area (TPSA) is 61.3 Å². The zero-order valence-corrected chi connectivity index (χ0v) is 9.99. The number of benzene rings is 1. The largest absolute Gasteiger partial charge is 0.497 e. The molecule has 0 aliphatic rings. The number of ether oxygens (including phenoxy) is 1. The Morgan fingerprint density at radius 2 is 1.89 bits per heavy atom. The Labute approximate surface area is 106 Å². The number of aromatic nitrogens is 1. The summed E-state index contributed by atoms with van der Waals surface area (Å²) in [5.74, 6) is 0.617. The number of halogens is 3. The summed E-state index contributed by atoms with van der Waals surface area (Å²) >= 11 is 0. The monoisotopic (exact) mass is 272 g/mol. The predicted molar refractivity (Wildman–Crippen MR) is 61.4 cm³/mol. The molecule has 2 aromatic rings. The van der Waals surface area contributed by atoms with Crippen molar-refractivity contribution in [2.45, 2.75) is 12.7 Å². The molecule has 1 aromatic heterocycles. The molecular formula is C12H11F3N2O2. The number of methoxy groups -OCH3 is 1. The first kappa shape index (κ1) is 13.4. The highest BCUT2D eigenvalue weighted by atomic mass is 19.4. The number of alkyl halides is 3. The van der Waals surface area contributed by atoms with Gasteiger partial charge >= 0.3 is 6.18 Å². The fraction of sp³-hybridized carbons (Fsp3) is 0.250. The lowest BCUT2D eigenvalue weighted by molar-refractivity contribution is -0.143. The Balaban J connectivity index is 2.47. The van der Waals surface area contributed by atoms with Gasteiger partial charge in [0.15, 0.2) is 11.5 Å². The van der Waals surface area contributed by atoms with Crippen LogP contribution in [0.5, 0.6) is 5.75 Å². The van der Waals surface area contributed by atoms with E-state index >= 15 is 0 Å². The molecule has 0 saturated heterocycles. The van der Waals surface area contributed by atoms with Crippen molar-refractivity contribution in [3.05, 3.63) is 35.5 Å². The van der Waals surface area contributed by atoms with Gasteiger partial charge in [-0.25, -0.2) is 0 Å². The van der Waals surface area contributed by atoms with Crippen molar-refractivity contribution in [2.75, 3.05) is 7.11 Å². The number of hydrogen-bond acceptors (Lipinski definition) is 4. The van der Waals surface area contributed by atoms with E-state index in [4.69, 9.17) is 15.0 Å². The van der Waals surface area contributed by atoms with E-state index in [1.54, 1.807) is 24.3 Å². The average molecular weight is 272 g/mol. The van der Waals surface area contributed by atoms with Gasteiger partial charge in [-0.15, -0.1) is 0 Å². The van der Waals surface area contributed by atoms with Crippen LogP contribution in [0.1, 0.15) is 11.3 Å². The molecule has 0 aliphatic heterocycles. The van der Waals surface area contributed by atoms with E-state index in [2.05, 4.69) is 5.16 Å². The molecule has 0 amide bonds. The SMILES string of the molecule is COc1ccc(-c2onc(C(F)(F)F)c2CN)cc1. The van der Waals surface area contributed by atoms with Gasteiger partial charge in [-0.05, 0) is 24.3 Å². The molecule has 0 bridgehead atoms. The van der Waals surface area contributed by atoms with Gasteiger partial charge in [0.25, 0.3) is 0 Å². The summed E-state index contributed by atoms with van der Waals surface area (Å²) in [4.78, 5) is 0. The van der Waals surface area contributed by atoms with E-state index < -0.39 is 11.9 Å². The molecule has 0 aliphatic carbocycles. The summed E-state index contributed by atoms with van der Waals surface area (Å²) in [7, 11) is 1.50. The molecule has 7 heteroatoms. The standard InChI is InChI=1S/C12H11F3N2O2/c1-18-8-4-2-7(3-5-8)10-9(6-16)11(17-19-10)12(13,14)15/h2-5H,6,16H2,1H3. The van der Waals surface area contributed by atoms with Crippen LogP contribution in [0.2, 0.25) is 0 Å². The van der Waals surface area contributed by atoms with Gasteiger partial charge in [-0.3, -0.25) is 0 Å². The van der Waals surface area contributed by atoms with Crippen LogP contribution in [0.25, 0.3) is 11.3 Å². The van der Waals surface area contributed by atoms with Crippen LogP contribution in [0.3, 0.4) is 0 Å². The summed E-state index contributed by atoms with van der Waals surface area (Å²) in [6, 6.07) is 6.40. The van der Waals surface area contributed by atoms with E-state index in [-0.39, 0.29) is 17.9 Å². The quantitative estimate of drug-likeness (QED) is 0.933. The molecular weight excluding hydrogens is 261 g/mol. The van der Waals surface area contributed by atoms with Crippen LogP contribution in [0.15, 0.2) is 28.8 Å². The highest BCUT2D eigenvalue weighted by Gasteiger charge is 2.39. The second-order valence-corrected chi connectivity index (χ2v) is 3.77. The maximum Gasteiger partial charge on any atom is 0.437 e. The van der Waals surface area contributed by atoms with Crippen molar-refractivity contribution in [1.29, 1.82) is 0 Å². The number of nitrogens with zero attached hydrogens (tertiary/aromatic N) is 1. The smallest absolute Gasteiger partial charge is 0.437 e. The Kier molecular flexibility index (Phi) is 3.48. The van der Waals surface area contributed by atoms with Crippen molar-refractivity contribution in [2.24, 2.45) is 5.73 Å². The highest BCUT2D eigenvalue weighted by molar-refractivity contribution is 5.63. The van der Waals surface area contributed by atoms with Crippen LogP contribution in [-0.2, 0) is 12.7 Å². The summed E-state index contributed by atoms with van der Waals surface area (Å²) in [6.45, 7) is -0.306. The molecule has 0 radical (unpaired) electrons. The van der Waals surface area contributed by atoms with Gasteiger partial charge < -0.3 is 15.0 Å². The fourth-order valence-electron chi connectivity index (χ4n) is 1.69. The van der Waals surface area contributed by atoms with E-state index in [1.165, 1.54) is 7.11 Å². The molecule has 1 heterocycles. The molecule has 1 aromatic carbocycles. The Hall–Kier alpha value is -2.02. The van der Waals surface area contributed by atoms with E-state index in [0.717, 1.165) is 0 Å². The first-order valence-electron chi connectivity index (χ1n) is 5.37. The molecule has 19 heavy (non-hydrogen) atoms. The Bertz CT molecular complexity index is 561. The van der Waals surface area contributed by atoms with Crippen molar-refractivity contribution in [1.82, 2.24) is 5.16 Å². The molecule has 2 rings (SSSR count). The molecule has 4 nitrogen and oxygen atoms in total. The third kappa shape index (κ3) is 2.55. The first-order valence-corrected chi connectivity index (χ1v) is 5.37. The maximum absolute atomic E-state index is 12.7. The second kappa shape index (κ2) is 4.93. The van der Waals surface area contributed by atoms with Gasteiger partial charge in [0.05, 0.1) is 7.11 Å². The summed E-state index contributed by atoms with van der Waals surface area (Å²) < 4.78 is 47.8. The summed E-state index contributed by atoms with van der Waals surface area (Å²) in [5.41, 5.74) is 4.59. The van der Waals surface area contributed by atoms with E-state index in [0.29, 0.717) is 11.3 Å². The van der Waals surface area contributed by atoms with Gasteiger partial charge in [0, 0.05) is 17.7 Å². The van der Waals surface area contributed by atoms with Crippen molar-refractivity contribution >= 4 is 0 Å². The summed E-state index contributed by atoms with van der Waals surface area (Å²) in [6.07, 6.45) is -4.58. The van der Waals surface area contributed by atoms with Crippen LogP contribution < -0.4 is 10.5 Å². The van der Waals surface area contributed by atoms with E-state index in [9.17, 15) is 13.2 Å². The first-order chi connectivity index (χ1) is 8.97. The minimum atomic E-state index is -4.58. The van der Waals surface area contributed by atoms with Crippen LogP contribution in [0, 0.1) is 0 Å². The Morgan fingerprint density at radius 1 is 1.26 bits per heavy atom. The molecule has 0 fully saturated rings. The lowest BCUT2D eigenvalue weighted by Crippen LogP contribution is -2.11. The van der Waals surface area contributed by atoms with E-state index in [1.807, 2.05) is 0 Å². The van der Waals surface area contributed by atoms with Gasteiger partial charge in [-0.2, -0.15) is 13.2 Å². The van der Waals surface area contributed by atoms with Gasteiger partial charge in [-0.1, -0.05) is 5.16 Å². The van der Waals surface area contributed by atoms with Crippen LogP contribution in [-0.4, -0.2) is 12.3 Å². The zero-order chi connectivity index (χ0) is 14.0. The fourth-order valence-corrected chi connectivity index (χ4v) is 1.69. The molecule has 0 saturated carbocycles. The molecule has 0 spiro atoms. The average Bonchev–Trinajstić information content (AvgIpc) is 2.82. The zero-order valence-electron chi connectivity index (χ0n) is 9.99. The van der Waals surface area contributed by atoms with Gasteiger partial charge in [0.2, 0.25) is 0 Å². The lowest BCUT2D eigenvalue weighted by atomic mass is 10.1. The Morgan fingerprint density at radius 3 is 2.37 bits per heavy atom. The van der Waals surface area contributed by atoms with Crippen molar-refractivity contribution in [3.63, 3.8) is 0 Å². The molecule has 102 valence electrons.